The number of nitrogens with zero attached hydrogens (tertiary/aromatic N) is 3. The van der Waals surface area contributed by atoms with Gasteiger partial charge in [0.25, 0.3) is 0 Å². The third-order valence-electron chi connectivity index (χ3n) is 3.75. The van der Waals surface area contributed by atoms with Crippen molar-refractivity contribution in [2.45, 2.75) is 32.5 Å². The maximum Gasteiger partial charge on any atom is 0.348 e. The number of amides is 1. The summed E-state index contributed by atoms with van der Waals surface area (Å²) >= 11 is 4.16. The second-order valence-corrected chi connectivity index (χ2v) is 8.65. The van der Waals surface area contributed by atoms with Crippen LogP contribution in [0.1, 0.15) is 29.1 Å². The van der Waals surface area contributed by atoms with Crippen LogP contribution >= 0.6 is 34.4 Å². The van der Waals surface area contributed by atoms with Crippen molar-refractivity contribution in [3.8, 4) is 10.7 Å². The maximum atomic E-state index is 12.3. The van der Waals surface area contributed by atoms with E-state index >= 15 is 0 Å². The summed E-state index contributed by atoms with van der Waals surface area (Å²) in [7, 11) is 0. The van der Waals surface area contributed by atoms with Crippen LogP contribution in [0.2, 0.25) is 0 Å². The van der Waals surface area contributed by atoms with Gasteiger partial charge in [0.1, 0.15) is 4.88 Å². The van der Waals surface area contributed by atoms with Crippen LogP contribution in [0.4, 0.5) is 5.00 Å². The molecule has 0 bridgehead atoms. The summed E-state index contributed by atoms with van der Waals surface area (Å²) in [6.07, 6.45) is 0. The monoisotopic (exact) mass is 436 g/mol. The highest BCUT2D eigenvalue weighted by Crippen LogP contribution is 2.29. The number of nitrogens with one attached hydrogen (secondary N) is 1. The van der Waals surface area contributed by atoms with Crippen LogP contribution in [-0.4, -0.2) is 39.0 Å². The van der Waals surface area contributed by atoms with Crippen LogP contribution in [0.5, 0.6) is 0 Å². The number of rotatable bonds is 8. The molecule has 0 saturated heterocycles. The summed E-state index contributed by atoms with van der Waals surface area (Å²) in [4.78, 5) is 25.8. The topological polar surface area (TPSA) is 86.1 Å². The van der Waals surface area contributed by atoms with Gasteiger partial charge in [-0.05, 0) is 43.8 Å². The molecule has 0 saturated carbocycles. The lowest BCUT2D eigenvalue weighted by Crippen LogP contribution is -2.13. The molecule has 0 aliphatic rings. The fourth-order valence-corrected chi connectivity index (χ4v) is 5.02. The number of anilines is 1. The number of aromatic nitrogens is 3. The van der Waals surface area contributed by atoms with E-state index in [0.29, 0.717) is 21.6 Å². The van der Waals surface area contributed by atoms with Gasteiger partial charge in [-0.25, -0.2) is 4.79 Å². The van der Waals surface area contributed by atoms with E-state index in [1.165, 1.54) is 23.1 Å². The van der Waals surface area contributed by atoms with Crippen molar-refractivity contribution in [1.82, 2.24) is 14.8 Å². The number of carbonyl (C=O) groups excluding carboxylic acids is 2. The van der Waals surface area contributed by atoms with Crippen LogP contribution in [0.25, 0.3) is 10.7 Å². The maximum absolute atomic E-state index is 12.3. The van der Waals surface area contributed by atoms with E-state index in [2.05, 4.69) is 15.5 Å². The second-order valence-electron chi connectivity index (χ2n) is 5.71. The van der Waals surface area contributed by atoms with Gasteiger partial charge in [0.2, 0.25) is 5.91 Å². The van der Waals surface area contributed by atoms with E-state index in [9.17, 15) is 9.59 Å². The summed E-state index contributed by atoms with van der Waals surface area (Å²) in [5, 5.41) is 14.7. The van der Waals surface area contributed by atoms with Crippen molar-refractivity contribution < 1.29 is 14.3 Å². The number of thiophene rings is 2. The van der Waals surface area contributed by atoms with E-state index in [1.807, 2.05) is 35.9 Å². The van der Waals surface area contributed by atoms with Gasteiger partial charge < -0.3 is 14.6 Å². The average Bonchev–Trinajstić information content (AvgIpc) is 3.39. The fraction of sp³-hybridized carbons (Fsp3) is 0.333. The average molecular weight is 437 g/mol. The Morgan fingerprint density at radius 2 is 2.14 bits per heavy atom. The number of esters is 1. The quantitative estimate of drug-likeness (QED) is 0.418. The minimum atomic E-state index is -0.364. The van der Waals surface area contributed by atoms with Crippen LogP contribution in [0, 0.1) is 6.92 Å². The van der Waals surface area contributed by atoms with Gasteiger partial charge in [-0.15, -0.1) is 32.9 Å². The molecule has 3 aromatic rings. The number of ether oxygens (including phenoxy) is 1. The van der Waals surface area contributed by atoms with E-state index in [1.54, 1.807) is 24.3 Å². The summed E-state index contributed by atoms with van der Waals surface area (Å²) in [6.45, 7) is 6.65. The van der Waals surface area contributed by atoms with Gasteiger partial charge in [0.15, 0.2) is 11.0 Å². The number of aryl methyl sites for hydroxylation is 1. The first-order valence-electron chi connectivity index (χ1n) is 8.70. The van der Waals surface area contributed by atoms with Crippen LogP contribution in [-0.2, 0) is 16.1 Å². The molecule has 1 N–H and O–H groups in total. The summed E-state index contributed by atoms with van der Waals surface area (Å²) < 4.78 is 7.03. The zero-order chi connectivity index (χ0) is 20.1. The van der Waals surface area contributed by atoms with Crippen LogP contribution in [0.3, 0.4) is 0 Å². The second kappa shape index (κ2) is 9.35. The van der Waals surface area contributed by atoms with Crippen molar-refractivity contribution in [2.75, 3.05) is 17.7 Å². The SMILES string of the molecule is CCOC(=O)c1sc(NC(=O)CSc2nnc(-c3cccs3)n2CC)cc1C. The Morgan fingerprint density at radius 1 is 1.32 bits per heavy atom. The van der Waals surface area contributed by atoms with Gasteiger partial charge in [0.05, 0.1) is 22.2 Å². The van der Waals surface area contributed by atoms with Gasteiger partial charge >= 0.3 is 5.97 Å². The lowest BCUT2D eigenvalue weighted by Gasteiger charge is -2.06. The Hall–Kier alpha value is -2.17. The lowest BCUT2D eigenvalue weighted by atomic mass is 10.3. The predicted molar refractivity (Wildman–Crippen MR) is 113 cm³/mol. The number of thioether (sulfide) groups is 1. The first-order valence-corrected chi connectivity index (χ1v) is 11.4. The van der Waals surface area contributed by atoms with Crippen molar-refractivity contribution in [3.05, 3.63) is 34.0 Å². The fourth-order valence-electron chi connectivity index (χ4n) is 2.52. The molecule has 3 heterocycles. The first-order chi connectivity index (χ1) is 13.5. The lowest BCUT2D eigenvalue weighted by molar-refractivity contribution is -0.113. The molecule has 0 unspecified atom stereocenters. The first kappa shape index (κ1) is 20.6. The molecule has 7 nitrogen and oxygen atoms in total. The molecule has 0 aliphatic carbocycles. The zero-order valence-corrected chi connectivity index (χ0v) is 18.2. The zero-order valence-electron chi connectivity index (χ0n) is 15.7. The highest BCUT2D eigenvalue weighted by molar-refractivity contribution is 7.99. The van der Waals surface area contributed by atoms with E-state index in [0.717, 1.165) is 22.8 Å². The Labute approximate surface area is 175 Å². The number of hydrogen-bond donors (Lipinski definition) is 1. The summed E-state index contributed by atoms with van der Waals surface area (Å²) in [6, 6.07) is 5.76. The van der Waals surface area contributed by atoms with Gasteiger partial charge in [-0.3, -0.25) is 4.79 Å². The Kier molecular flexibility index (Phi) is 6.87. The van der Waals surface area contributed by atoms with Crippen molar-refractivity contribution in [3.63, 3.8) is 0 Å². The molecule has 0 aromatic carbocycles. The van der Waals surface area contributed by atoms with Crippen LogP contribution < -0.4 is 5.32 Å². The third-order valence-corrected chi connectivity index (χ3v) is 6.71. The molecule has 1 amide bonds. The highest BCUT2D eigenvalue weighted by atomic mass is 32.2. The molecule has 3 aromatic heterocycles. The molecule has 10 heteroatoms. The molecule has 0 atom stereocenters. The minimum absolute atomic E-state index is 0.162. The molecule has 28 heavy (non-hydrogen) atoms. The number of hydrogen-bond acceptors (Lipinski definition) is 8. The normalized spacial score (nSPS) is 10.8. The standard InChI is InChI=1S/C18H20N4O3S3/c1-4-22-16(12-7-6-8-26-12)20-21-18(22)27-10-13(23)19-14-9-11(3)15(28-14)17(24)25-5-2/h6-9H,4-5,10H2,1-3H3,(H,19,23). The molecule has 0 aliphatic heterocycles. The Morgan fingerprint density at radius 3 is 2.82 bits per heavy atom. The molecule has 148 valence electrons. The Bertz CT molecular complexity index is 963. The minimum Gasteiger partial charge on any atom is -0.462 e. The van der Waals surface area contributed by atoms with Gasteiger partial charge in [-0.2, -0.15) is 0 Å². The van der Waals surface area contributed by atoms with E-state index in [-0.39, 0.29) is 17.6 Å². The highest BCUT2D eigenvalue weighted by Gasteiger charge is 2.18. The Balaban J connectivity index is 1.62. The predicted octanol–water partition coefficient (Wildman–Crippen LogP) is 4.30. The largest absolute Gasteiger partial charge is 0.462 e. The number of carbonyl (C=O) groups is 2. The van der Waals surface area contributed by atoms with Crippen molar-refractivity contribution >= 4 is 51.3 Å². The molecular weight excluding hydrogens is 416 g/mol. The van der Waals surface area contributed by atoms with E-state index < -0.39 is 0 Å². The van der Waals surface area contributed by atoms with E-state index in [4.69, 9.17) is 4.74 Å². The van der Waals surface area contributed by atoms with Crippen molar-refractivity contribution in [2.24, 2.45) is 0 Å². The third kappa shape index (κ3) is 4.62. The molecule has 0 fully saturated rings. The van der Waals surface area contributed by atoms with Gasteiger partial charge in [-0.1, -0.05) is 17.8 Å². The molecule has 3 rings (SSSR count). The molecule has 0 spiro atoms. The summed E-state index contributed by atoms with van der Waals surface area (Å²) in [5.74, 6) is 0.490. The van der Waals surface area contributed by atoms with Crippen LogP contribution in [0.15, 0.2) is 28.7 Å². The van der Waals surface area contributed by atoms with Gasteiger partial charge in [0, 0.05) is 6.54 Å². The van der Waals surface area contributed by atoms with Crippen molar-refractivity contribution in [1.29, 1.82) is 0 Å². The summed E-state index contributed by atoms with van der Waals surface area (Å²) in [5.41, 5.74) is 0.790. The smallest absolute Gasteiger partial charge is 0.348 e. The molecule has 0 radical (unpaired) electrons. The molecular formula is C18H20N4O3S3.